The normalized spacial score (nSPS) is 26.4. The molecule has 0 saturated carbocycles. The molecule has 0 aliphatic carbocycles. The van der Waals surface area contributed by atoms with Gasteiger partial charge in [-0.1, -0.05) is 12.2 Å². The van der Waals surface area contributed by atoms with Crippen molar-refractivity contribution in [1.29, 1.82) is 0 Å². The molecule has 1 fully saturated rings. The van der Waals surface area contributed by atoms with Gasteiger partial charge >= 0.3 is 0 Å². The van der Waals surface area contributed by atoms with E-state index in [1.807, 2.05) is 0 Å². The van der Waals surface area contributed by atoms with Gasteiger partial charge in [-0.3, -0.25) is 0 Å². The van der Waals surface area contributed by atoms with Crippen LogP contribution in [0.1, 0.15) is 33.1 Å². The Morgan fingerprint density at radius 3 is 2.50 bits per heavy atom. The van der Waals surface area contributed by atoms with Crippen molar-refractivity contribution in [3.8, 4) is 0 Å². The lowest BCUT2D eigenvalue weighted by Gasteiger charge is -2.20. The quantitative estimate of drug-likeness (QED) is 0.533. The third-order valence-electron chi connectivity index (χ3n) is 2.55. The maximum atomic E-state index is 2.36. The minimum atomic E-state index is 1.21. The van der Waals surface area contributed by atoms with Gasteiger partial charge in [0.05, 0.1) is 0 Å². The summed E-state index contributed by atoms with van der Waals surface area (Å²) in [5.74, 6) is 0. The molecule has 0 bridgehead atoms. The number of likely N-dealkylation sites (tertiary alicyclic amines) is 1. The molecule has 0 N–H and O–H groups in total. The molecule has 1 saturated heterocycles. The average Bonchev–Trinajstić information content (AvgIpc) is 2.26. The van der Waals surface area contributed by atoms with Crippen LogP contribution in [0.15, 0.2) is 23.4 Å². The lowest BCUT2D eigenvalue weighted by atomic mass is 10.1. The van der Waals surface area contributed by atoms with Gasteiger partial charge in [0, 0.05) is 19.3 Å². The summed E-state index contributed by atoms with van der Waals surface area (Å²) in [5.41, 5.74) is 2.94. The average molecular weight is 165 g/mol. The van der Waals surface area contributed by atoms with E-state index < -0.39 is 0 Å². The standard InChI is InChI=1S/C11H19N/c1-4-10-8-6-7-9-12(3)11(10)5-2/h4-5H,6-9H2,1-3H3/b10-4-,11-5+. The molecule has 1 aliphatic heterocycles. The van der Waals surface area contributed by atoms with Crippen molar-refractivity contribution in [2.45, 2.75) is 33.1 Å². The molecule has 0 aromatic carbocycles. The third kappa shape index (κ3) is 1.90. The summed E-state index contributed by atoms with van der Waals surface area (Å²) in [6.07, 6.45) is 8.38. The Morgan fingerprint density at radius 2 is 1.92 bits per heavy atom. The highest BCUT2D eigenvalue weighted by Crippen LogP contribution is 2.23. The van der Waals surface area contributed by atoms with E-state index in [2.05, 4.69) is 37.9 Å². The summed E-state index contributed by atoms with van der Waals surface area (Å²) >= 11 is 0. The molecular formula is C11H19N. The van der Waals surface area contributed by atoms with Crippen LogP contribution in [0.5, 0.6) is 0 Å². The highest BCUT2D eigenvalue weighted by atomic mass is 15.1. The second-order valence-electron chi connectivity index (χ2n) is 3.37. The molecule has 12 heavy (non-hydrogen) atoms. The van der Waals surface area contributed by atoms with Gasteiger partial charge in [-0.15, -0.1) is 0 Å². The zero-order valence-electron chi connectivity index (χ0n) is 8.43. The van der Waals surface area contributed by atoms with E-state index in [1.54, 1.807) is 0 Å². The van der Waals surface area contributed by atoms with E-state index in [0.29, 0.717) is 0 Å². The summed E-state index contributed by atoms with van der Waals surface area (Å²) in [6.45, 7) is 5.47. The molecule has 1 heteroatoms. The predicted molar refractivity (Wildman–Crippen MR) is 54.0 cm³/mol. The first kappa shape index (κ1) is 9.37. The van der Waals surface area contributed by atoms with Gasteiger partial charge in [-0.05, 0) is 38.7 Å². The number of nitrogens with zero attached hydrogens (tertiary/aromatic N) is 1. The van der Waals surface area contributed by atoms with Crippen LogP contribution in [-0.4, -0.2) is 18.5 Å². The molecule has 0 aromatic rings. The Morgan fingerprint density at radius 1 is 1.17 bits per heavy atom. The van der Waals surface area contributed by atoms with Crippen LogP contribution in [0.3, 0.4) is 0 Å². The van der Waals surface area contributed by atoms with Crippen LogP contribution in [0.4, 0.5) is 0 Å². The predicted octanol–water partition coefficient (Wildman–Crippen LogP) is 2.95. The fraction of sp³-hybridized carbons (Fsp3) is 0.636. The number of rotatable bonds is 0. The highest BCUT2D eigenvalue weighted by Gasteiger charge is 2.12. The number of allylic oxidation sites excluding steroid dienone is 3. The summed E-state index contributed by atoms with van der Waals surface area (Å²) in [6, 6.07) is 0. The van der Waals surface area contributed by atoms with Gasteiger partial charge in [0.25, 0.3) is 0 Å². The molecule has 1 nitrogen and oxygen atoms in total. The van der Waals surface area contributed by atoms with Gasteiger partial charge in [0.1, 0.15) is 0 Å². The topological polar surface area (TPSA) is 3.24 Å². The van der Waals surface area contributed by atoms with E-state index >= 15 is 0 Å². The first-order valence-electron chi connectivity index (χ1n) is 4.82. The summed E-state index contributed by atoms with van der Waals surface area (Å²) in [4.78, 5) is 2.36. The van der Waals surface area contributed by atoms with E-state index in [1.165, 1.54) is 37.1 Å². The van der Waals surface area contributed by atoms with E-state index in [9.17, 15) is 0 Å². The first-order valence-corrected chi connectivity index (χ1v) is 4.82. The van der Waals surface area contributed by atoms with Gasteiger partial charge in [-0.25, -0.2) is 0 Å². The Bertz CT molecular complexity index is 201. The SMILES string of the molecule is C/C=C1/CCCCN(C)/C1=C/C. The maximum absolute atomic E-state index is 2.36. The van der Waals surface area contributed by atoms with Crippen LogP contribution in [0.2, 0.25) is 0 Å². The van der Waals surface area contributed by atoms with Gasteiger partial charge in [0.2, 0.25) is 0 Å². The van der Waals surface area contributed by atoms with Crippen molar-refractivity contribution in [2.24, 2.45) is 0 Å². The molecule has 0 radical (unpaired) electrons. The number of hydrogen-bond acceptors (Lipinski definition) is 1. The Labute approximate surface area is 75.8 Å². The highest BCUT2D eigenvalue weighted by molar-refractivity contribution is 5.29. The maximum Gasteiger partial charge on any atom is 0.0349 e. The molecule has 1 rings (SSSR count). The van der Waals surface area contributed by atoms with Crippen molar-refractivity contribution in [1.82, 2.24) is 4.90 Å². The minimum Gasteiger partial charge on any atom is -0.375 e. The largest absolute Gasteiger partial charge is 0.375 e. The smallest absolute Gasteiger partial charge is 0.0349 e. The van der Waals surface area contributed by atoms with Crippen LogP contribution in [-0.2, 0) is 0 Å². The minimum absolute atomic E-state index is 1.21. The van der Waals surface area contributed by atoms with E-state index in [4.69, 9.17) is 0 Å². The van der Waals surface area contributed by atoms with Crippen molar-refractivity contribution in [3.63, 3.8) is 0 Å². The lowest BCUT2D eigenvalue weighted by molar-refractivity contribution is 0.428. The molecule has 0 atom stereocenters. The fourth-order valence-corrected chi connectivity index (χ4v) is 1.86. The number of hydrogen-bond donors (Lipinski definition) is 0. The van der Waals surface area contributed by atoms with Crippen LogP contribution >= 0.6 is 0 Å². The van der Waals surface area contributed by atoms with Crippen molar-refractivity contribution < 1.29 is 0 Å². The van der Waals surface area contributed by atoms with Gasteiger partial charge in [-0.2, -0.15) is 0 Å². The molecule has 0 spiro atoms. The molecular weight excluding hydrogens is 146 g/mol. The summed E-state index contributed by atoms with van der Waals surface area (Å²) in [7, 11) is 2.18. The van der Waals surface area contributed by atoms with Crippen LogP contribution in [0.25, 0.3) is 0 Å². The molecule has 0 unspecified atom stereocenters. The zero-order valence-corrected chi connectivity index (χ0v) is 8.43. The summed E-state index contributed by atoms with van der Waals surface area (Å²) < 4.78 is 0. The number of likely N-dealkylation sites (N-methyl/N-ethyl adjacent to an activating group) is 1. The van der Waals surface area contributed by atoms with Crippen molar-refractivity contribution in [2.75, 3.05) is 13.6 Å². The van der Waals surface area contributed by atoms with Gasteiger partial charge < -0.3 is 4.90 Å². The first-order chi connectivity index (χ1) is 5.79. The zero-order chi connectivity index (χ0) is 8.97. The van der Waals surface area contributed by atoms with Crippen LogP contribution < -0.4 is 0 Å². The van der Waals surface area contributed by atoms with Crippen molar-refractivity contribution >= 4 is 0 Å². The fourth-order valence-electron chi connectivity index (χ4n) is 1.86. The molecule has 0 aromatic heterocycles. The summed E-state index contributed by atoms with van der Waals surface area (Å²) in [5, 5.41) is 0. The van der Waals surface area contributed by atoms with E-state index in [0.717, 1.165) is 0 Å². The van der Waals surface area contributed by atoms with Crippen LogP contribution in [0, 0.1) is 0 Å². The molecule has 1 aliphatic rings. The Hall–Kier alpha value is -0.720. The third-order valence-corrected chi connectivity index (χ3v) is 2.55. The lowest BCUT2D eigenvalue weighted by Crippen LogP contribution is -2.17. The van der Waals surface area contributed by atoms with Gasteiger partial charge in [0.15, 0.2) is 0 Å². The Balaban J connectivity index is 2.85. The van der Waals surface area contributed by atoms with E-state index in [-0.39, 0.29) is 0 Å². The molecule has 68 valence electrons. The monoisotopic (exact) mass is 165 g/mol. The second-order valence-corrected chi connectivity index (χ2v) is 3.37. The molecule has 0 amide bonds. The Kier molecular flexibility index (Phi) is 3.39. The second kappa shape index (κ2) is 4.34. The molecule has 1 heterocycles. The van der Waals surface area contributed by atoms with Crippen molar-refractivity contribution in [3.05, 3.63) is 23.4 Å².